The van der Waals surface area contributed by atoms with Gasteiger partial charge in [-0.3, -0.25) is 0 Å². The van der Waals surface area contributed by atoms with E-state index >= 15 is 0 Å². The molecule has 1 heterocycles. The summed E-state index contributed by atoms with van der Waals surface area (Å²) in [6.45, 7) is 6.05. The van der Waals surface area contributed by atoms with Crippen LogP contribution < -0.4 is 11.1 Å². The Balaban J connectivity index is 1.23. The van der Waals surface area contributed by atoms with Gasteiger partial charge >= 0.3 is 6.09 Å². The number of hydrogen-bond donors (Lipinski definition) is 2. The molecule has 1 unspecified atom stereocenters. The Morgan fingerprint density at radius 2 is 1.86 bits per heavy atom. The van der Waals surface area contributed by atoms with Crippen LogP contribution in [0.4, 0.5) is 4.79 Å². The van der Waals surface area contributed by atoms with E-state index < -0.39 is 11.7 Å². The molecule has 1 aromatic heterocycles. The van der Waals surface area contributed by atoms with E-state index in [1.54, 1.807) is 0 Å². The van der Waals surface area contributed by atoms with E-state index in [4.69, 9.17) is 15.0 Å². The molecule has 1 amide bonds. The molecule has 4 aliphatic rings. The van der Waals surface area contributed by atoms with E-state index in [1.165, 1.54) is 38.5 Å². The molecule has 5 rings (SSSR count). The fourth-order valence-corrected chi connectivity index (χ4v) is 6.28. The van der Waals surface area contributed by atoms with Gasteiger partial charge in [0.15, 0.2) is 5.82 Å². The Morgan fingerprint density at radius 1 is 1.24 bits per heavy atom. The highest BCUT2D eigenvalue weighted by atomic mass is 16.6. The van der Waals surface area contributed by atoms with E-state index in [1.807, 2.05) is 20.8 Å². The lowest BCUT2D eigenvalue weighted by molar-refractivity contribution is -0.0533. The Hall–Kier alpha value is -1.63. The highest BCUT2D eigenvalue weighted by Gasteiger charge is 2.51. The van der Waals surface area contributed by atoms with Gasteiger partial charge in [0.1, 0.15) is 5.60 Å². The third-order valence-corrected chi connectivity index (χ3v) is 6.86. The number of nitrogens with two attached hydrogens (primary N) is 1. The normalized spacial score (nSPS) is 31.7. The van der Waals surface area contributed by atoms with E-state index in [2.05, 4.69) is 15.5 Å². The zero-order valence-electron chi connectivity index (χ0n) is 18.1. The first kappa shape index (κ1) is 20.6. The minimum Gasteiger partial charge on any atom is -0.444 e. The van der Waals surface area contributed by atoms with Gasteiger partial charge in [0.05, 0.1) is 6.04 Å². The summed E-state index contributed by atoms with van der Waals surface area (Å²) in [5.41, 5.74) is 6.16. The number of carbonyl (C=O) groups excluding carboxylic acids is 1. The molecule has 7 nitrogen and oxygen atoms in total. The SMILES string of the molecule is CC(C)(C)OC(=O)NCCCC(N)c1nc(CC23CC4CC(CC(C4)C2)C3)no1. The van der Waals surface area contributed by atoms with Crippen molar-refractivity contribution in [2.45, 2.75) is 90.2 Å². The van der Waals surface area contributed by atoms with Crippen LogP contribution in [0, 0.1) is 23.2 Å². The predicted molar refractivity (Wildman–Crippen MR) is 109 cm³/mol. The van der Waals surface area contributed by atoms with E-state index in [9.17, 15) is 4.79 Å². The molecule has 4 bridgehead atoms. The summed E-state index contributed by atoms with van der Waals surface area (Å²) >= 11 is 0. The van der Waals surface area contributed by atoms with Crippen molar-refractivity contribution in [1.82, 2.24) is 15.5 Å². The van der Waals surface area contributed by atoms with Gasteiger partial charge in [-0.05, 0) is 95.3 Å². The molecule has 29 heavy (non-hydrogen) atoms. The van der Waals surface area contributed by atoms with Gasteiger partial charge < -0.3 is 20.3 Å². The van der Waals surface area contributed by atoms with Crippen LogP contribution in [0.3, 0.4) is 0 Å². The summed E-state index contributed by atoms with van der Waals surface area (Å²) in [5, 5.41) is 7.01. The van der Waals surface area contributed by atoms with Crippen LogP contribution in [0.15, 0.2) is 4.52 Å². The molecule has 7 heteroatoms. The fraction of sp³-hybridized carbons (Fsp3) is 0.864. The van der Waals surface area contributed by atoms with Crippen LogP contribution in [-0.2, 0) is 11.2 Å². The monoisotopic (exact) mass is 404 g/mol. The smallest absolute Gasteiger partial charge is 0.407 e. The van der Waals surface area contributed by atoms with Gasteiger partial charge in [-0.15, -0.1) is 0 Å². The molecule has 4 fully saturated rings. The molecule has 0 aliphatic heterocycles. The number of nitrogens with one attached hydrogen (secondary N) is 1. The maximum atomic E-state index is 11.7. The average molecular weight is 405 g/mol. The predicted octanol–water partition coefficient (Wildman–Crippen LogP) is 4.13. The molecule has 4 aliphatic carbocycles. The maximum absolute atomic E-state index is 11.7. The Morgan fingerprint density at radius 3 is 2.45 bits per heavy atom. The lowest BCUT2D eigenvalue weighted by atomic mass is 9.49. The van der Waals surface area contributed by atoms with Gasteiger partial charge in [-0.25, -0.2) is 4.79 Å². The molecule has 1 atom stereocenters. The van der Waals surface area contributed by atoms with Crippen LogP contribution >= 0.6 is 0 Å². The van der Waals surface area contributed by atoms with Gasteiger partial charge in [0.2, 0.25) is 5.89 Å². The number of ether oxygens (including phenoxy) is 1. The van der Waals surface area contributed by atoms with Crippen LogP contribution in [0.25, 0.3) is 0 Å². The maximum Gasteiger partial charge on any atom is 0.407 e. The van der Waals surface area contributed by atoms with Crippen LogP contribution in [0.5, 0.6) is 0 Å². The van der Waals surface area contributed by atoms with Crippen molar-refractivity contribution in [3.8, 4) is 0 Å². The molecule has 162 valence electrons. The second-order valence-electron chi connectivity index (χ2n) is 10.8. The first-order valence-corrected chi connectivity index (χ1v) is 11.2. The van der Waals surface area contributed by atoms with E-state index in [0.29, 0.717) is 24.3 Å². The molecule has 0 radical (unpaired) electrons. The fourth-order valence-electron chi connectivity index (χ4n) is 6.28. The van der Waals surface area contributed by atoms with Crippen molar-refractivity contribution in [2.75, 3.05) is 6.54 Å². The van der Waals surface area contributed by atoms with Gasteiger partial charge in [-0.2, -0.15) is 4.98 Å². The summed E-state index contributed by atoms with van der Waals surface area (Å²) in [6, 6.07) is -0.298. The lowest BCUT2D eigenvalue weighted by Gasteiger charge is -2.56. The molecular weight excluding hydrogens is 368 g/mol. The van der Waals surface area contributed by atoms with Crippen molar-refractivity contribution >= 4 is 6.09 Å². The summed E-state index contributed by atoms with van der Waals surface area (Å²) in [5.74, 6) is 4.11. The average Bonchev–Trinajstić information content (AvgIpc) is 3.03. The Kier molecular flexibility index (Phi) is 5.62. The van der Waals surface area contributed by atoms with Crippen LogP contribution in [0.2, 0.25) is 0 Å². The first-order chi connectivity index (χ1) is 13.7. The van der Waals surface area contributed by atoms with Gasteiger partial charge in [0, 0.05) is 13.0 Å². The Labute approximate surface area is 173 Å². The number of aromatic nitrogens is 2. The third-order valence-electron chi connectivity index (χ3n) is 6.86. The summed E-state index contributed by atoms with van der Waals surface area (Å²) < 4.78 is 10.7. The molecule has 0 saturated heterocycles. The van der Waals surface area contributed by atoms with Gasteiger partial charge in [0.25, 0.3) is 0 Å². The summed E-state index contributed by atoms with van der Waals surface area (Å²) in [6.07, 6.45) is 10.3. The van der Waals surface area contributed by atoms with Crippen molar-refractivity contribution in [2.24, 2.45) is 28.9 Å². The minimum atomic E-state index is -0.489. The zero-order chi connectivity index (χ0) is 20.6. The van der Waals surface area contributed by atoms with E-state index in [-0.39, 0.29) is 6.04 Å². The van der Waals surface area contributed by atoms with Crippen molar-refractivity contribution < 1.29 is 14.1 Å². The molecule has 4 saturated carbocycles. The number of carbonyl (C=O) groups is 1. The molecular formula is C22H36N4O3. The first-order valence-electron chi connectivity index (χ1n) is 11.2. The largest absolute Gasteiger partial charge is 0.444 e. The van der Waals surface area contributed by atoms with Crippen LogP contribution in [-0.4, -0.2) is 28.4 Å². The number of hydrogen-bond acceptors (Lipinski definition) is 6. The third kappa shape index (κ3) is 5.11. The number of alkyl carbamates (subject to hydrolysis) is 1. The quantitative estimate of drug-likeness (QED) is 0.662. The second-order valence-corrected chi connectivity index (χ2v) is 10.8. The zero-order valence-corrected chi connectivity index (χ0v) is 18.1. The molecule has 0 spiro atoms. The molecule has 3 N–H and O–H groups in total. The summed E-state index contributed by atoms with van der Waals surface area (Å²) in [4.78, 5) is 16.3. The molecule has 0 aromatic carbocycles. The highest BCUT2D eigenvalue weighted by Crippen LogP contribution is 2.60. The minimum absolute atomic E-state index is 0.298. The van der Waals surface area contributed by atoms with Crippen molar-refractivity contribution in [3.63, 3.8) is 0 Å². The lowest BCUT2D eigenvalue weighted by Crippen LogP contribution is -2.47. The van der Waals surface area contributed by atoms with Crippen LogP contribution in [0.1, 0.15) is 89.9 Å². The molecule has 1 aromatic rings. The Bertz CT molecular complexity index is 689. The number of rotatable bonds is 7. The highest BCUT2D eigenvalue weighted by molar-refractivity contribution is 5.67. The number of nitrogens with zero attached hydrogens (tertiary/aromatic N) is 2. The topological polar surface area (TPSA) is 103 Å². The second kappa shape index (κ2) is 7.89. The summed E-state index contributed by atoms with van der Waals surface area (Å²) in [7, 11) is 0. The van der Waals surface area contributed by atoms with E-state index in [0.717, 1.165) is 36.4 Å². The van der Waals surface area contributed by atoms with Gasteiger partial charge in [-0.1, -0.05) is 5.16 Å². The van der Waals surface area contributed by atoms with Crippen molar-refractivity contribution in [3.05, 3.63) is 11.7 Å². The van der Waals surface area contributed by atoms with Crippen molar-refractivity contribution in [1.29, 1.82) is 0 Å². The standard InChI is InChI=1S/C22H36N4O3/c1-21(2,3)28-20(27)24-6-4-5-17(23)19-25-18(26-29-19)13-22-10-14-7-15(11-22)9-16(8-14)12-22/h14-17H,4-13,23H2,1-3H3,(H,24,27). The number of amides is 1.